The van der Waals surface area contributed by atoms with Crippen LogP contribution < -0.4 is 11.0 Å². The molecule has 0 saturated heterocycles. The number of benzene rings is 1. The number of aryl methyl sites for hydroxylation is 1. The SMILES string of the molecule is Cc1cc(=O)[nH]c(N/N=C\c2cccc(Cl)c2Cl)n1. The summed E-state index contributed by atoms with van der Waals surface area (Å²) in [6.45, 7) is 1.72. The van der Waals surface area contributed by atoms with E-state index in [2.05, 4.69) is 20.5 Å². The van der Waals surface area contributed by atoms with Crippen LogP contribution in [-0.2, 0) is 0 Å². The molecule has 2 N–H and O–H groups in total. The Balaban J connectivity index is 2.16. The summed E-state index contributed by atoms with van der Waals surface area (Å²) in [4.78, 5) is 17.8. The molecule has 0 atom stereocenters. The highest BCUT2D eigenvalue weighted by Gasteiger charge is 2.01. The molecule has 0 amide bonds. The first-order chi connectivity index (χ1) is 9.06. The molecule has 98 valence electrons. The van der Waals surface area contributed by atoms with Crippen molar-refractivity contribution < 1.29 is 0 Å². The van der Waals surface area contributed by atoms with Crippen molar-refractivity contribution in [3.8, 4) is 0 Å². The number of H-pyrrole nitrogens is 1. The molecule has 2 rings (SSSR count). The van der Waals surface area contributed by atoms with Gasteiger partial charge in [-0.05, 0) is 13.0 Å². The Hall–Kier alpha value is -1.85. The van der Waals surface area contributed by atoms with E-state index in [4.69, 9.17) is 23.2 Å². The van der Waals surface area contributed by atoms with Gasteiger partial charge in [0.1, 0.15) is 0 Å². The van der Waals surface area contributed by atoms with E-state index in [1.807, 2.05) is 0 Å². The predicted octanol–water partition coefficient (Wildman–Crippen LogP) is 2.83. The average molecular weight is 297 g/mol. The standard InChI is InChI=1S/C12H10Cl2N4O/c1-7-5-10(19)17-12(16-7)18-15-6-8-3-2-4-9(13)11(8)14/h2-6H,1H3,(H2,16,17,18,19)/b15-6-. The van der Waals surface area contributed by atoms with Crippen LogP contribution in [0.25, 0.3) is 0 Å². The molecule has 0 spiro atoms. The fourth-order valence-corrected chi connectivity index (χ4v) is 1.77. The van der Waals surface area contributed by atoms with Gasteiger partial charge in [-0.2, -0.15) is 5.10 Å². The number of aromatic amines is 1. The Labute approximate surface area is 119 Å². The van der Waals surface area contributed by atoms with Crippen LogP contribution in [0.1, 0.15) is 11.3 Å². The van der Waals surface area contributed by atoms with E-state index in [-0.39, 0.29) is 11.5 Å². The Morgan fingerprint density at radius 3 is 2.95 bits per heavy atom. The maximum Gasteiger partial charge on any atom is 0.252 e. The van der Waals surface area contributed by atoms with Crippen LogP contribution in [0.2, 0.25) is 10.0 Å². The number of rotatable bonds is 3. The van der Waals surface area contributed by atoms with Gasteiger partial charge in [0.2, 0.25) is 5.95 Å². The van der Waals surface area contributed by atoms with Gasteiger partial charge in [-0.3, -0.25) is 9.78 Å². The Bertz CT molecular complexity index is 682. The molecule has 1 heterocycles. The second-order valence-corrected chi connectivity index (χ2v) is 4.53. The van der Waals surface area contributed by atoms with Crippen molar-refractivity contribution in [1.82, 2.24) is 9.97 Å². The third kappa shape index (κ3) is 3.56. The molecule has 7 heteroatoms. The number of hydrogen-bond acceptors (Lipinski definition) is 4. The summed E-state index contributed by atoms with van der Waals surface area (Å²) < 4.78 is 0. The summed E-state index contributed by atoms with van der Waals surface area (Å²) in [5.74, 6) is 0.263. The lowest BCUT2D eigenvalue weighted by atomic mass is 10.2. The molecule has 0 aliphatic carbocycles. The average Bonchev–Trinajstić information content (AvgIpc) is 2.33. The van der Waals surface area contributed by atoms with Crippen molar-refractivity contribution in [2.75, 3.05) is 5.43 Å². The summed E-state index contributed by atoms with van der Waals surface area (Å²) in [6.07, 6.45) is 1.50. The number of anilines is 1. The summed E-state index contributed by atoms with van der Waals surface area (Å²) >= 11 is 11.9. The van der Waals surface area contributed by atoms with Crippen molar-refractivity contribution in [3.63, 3.8) is 0 Å². The van der Waals surface area contributed by atoms with Crippen LogP contribution in [0.5, 0.6) is 0 Å². The van der Waals surface area contributed by atoms with Gasteiger partial charge >= 0.3 is 0 Å². The van der Waals surface area contributed by atoms with Gasteiger partial charge in [0.15, 0.2) is 0 Å². The first kappa shape index (κ1) is 13.6. The van der Waals surface area contributed by atoms with Crippen molar-refractivity contribution in [2.45, 2.75) is 6.92 Å². The Kier molecular flexibility index (Phi) is 4.19. The van der Waals surface area contributed by atoms with Crippen LogP contribution >= 0.6 is 23.2 Å². The number of hydrogen-bond donors (Lipinski definition) is 2. The number of halogens is 2. The smallest absolute Gasteiger partial charge is 0.252 e. The van der Waals surface area contributed by atoms with E-state index in [1.165, 1.54) is 12.3 Å². The second kappa shape index (κ2) is 5.86. The van der Waals surface area contributed by atoms with Crippen LogP contribution in [0, 0.1) is 6.92 Å². The van der Waals surface area contributed by atoms with Crippen molar-refractivity contribution in [2.24, 2.45) is 5.10 Å². The zero-order valence-electron chi connectivity index (χ0n) is 9.95. The van der Waals surface area contributed by atoms with Crippen molar-refractivity contribution in [3.05, 3.63) is 55.9 Å². The maximum atomic E-state index is 11.2. The zero-order chi connectivity index (χ0) is 13.8. The molecule has 0 aliphatic heterocycles. The summed E-state index contributed by atoms with van der Waals surface area (Å²) in [6, 6.07) is 6.62. The largest absolute Gasteiger partial charge is 0.291 e. The third-order valence-electron chi connectivity index (χ3n) is 2.23. The lowest BCUT2D eigenvalue weighted by Crippen LogP contribution is -2.10. The summed E-state index contributed by atoms with van der Waals surface area (Å²) in [5.41, 5.74) is 3.64. The fourth-order valence-electron chi connectivity index (χ4n) is 1.42. The van der Waals surface area contributed by atoms with E-state index in [1.54, 1.807) is 25.1 Å². The molecular formula is C12H10Cl2N4O. The minimum atomic E-state index is -0.244. The van der Waals surface area contributed by atoms with Gasteiger partial charge in [-0.25, -0.2) is 10.4 Å². The van der Waals surface area contributed by atoms with Crippen molar-refractivity contribution in [1.29, 1.82) is 0 Å². The number of nitrogens with one attached hydrogen (secondary N) is 2. The van der Waals surface area contributed by atoms with Gasteiger partial charge in [0.25, 0.3) is 5.56 Å². The minimum absolute atomic E-state index is 0.244. The molecule has 0 saturated carbocycles. The summed E-state index contributed by atoms with van der Waals surface area (Å²) in [7, 11) is 0. The molecule has 0 radical (unpaired) electrons. The van der Waals surface area contributed by atoms with E-state index >= 15 is 0 Å². The normalized spacial score (nSPS) is 10.9. The molecule has 0 aliphatic rings. The Morgan fingerprint density at radius 2 is 2.21 bits per heavy atom. The molecule has 19 heavy (non-hydrogen) atoms. The molecule has 2 aromatic rings. The second-order valence-electron chi connectivity index (χ2n) is 3.75. The van der Waals surface area contributed by atoms with E-state index in [9.17, 15) is 4.79 Å². The molecule has 5 nitrogen and oxygen atoms in total. The molecule has 0 bridgehead atoms. The van der Waals surface area contributed by atoms with Crippen LogP contribution in [0.4, 0.5) is 5.95 Å². The zero-order valence-corrected chi connectivity index (χ0v) is 11.5. The van der Waals surface area contributed by atoms with Gasteiger partial charge < -0.3 is 0 Å². The number of hydrazone groups is 1. The monoisotopic (exact) mass is 296 g/mol. The number of aromatic nitrogens is 2. The minimum Gasteiger partial charge on any atom is -0.291 e. The molecule has 1 aromatic heterocycles. The van der Waals surface area contributed by atoms with Gasteiger partial charge in [-0.15, -0.1) is 0 Å². The highest BCUT2D eigenvalue weighted by molar-refractivity contribution is 6.43. The molecule has 1 aromatic carbocycles. The predicted molar refractivity (Wildman–Crippen MR) is 77.3 cm³/mol. The fraction of sp³-hybridized carbons (Fsp3) is 0.0833. The van der Waals surface area contributed by atoms with Crippen LogP contribution in [-0.4, -0.2) is 16.2 Å². The van der Waals surface area contributed by atoms with E-state index in [0.717, 1.165) is 0 Å². The third-order valence-corrected chi connectivity index (χ3v) is 3.06. The quantitative estimate of drug-likeness (QED) is 0.676. The molecule has 0 unspecified atom stereocenters. The van der Waals surface area contributed by atoms with Gasteiger partial charge in [0.05, 0.1) is 16.3 Å². The van der Waals surface area contributed by atoms with Crippen LogP contribution in [0.3, 0.4) is 0 Å². The first-order valence-electron chi connectivity index (χ1n) is 5.37. The van der Waals surface area contributed by atoms with Crippen molar-refractivity contribution >= 4 is 35.4 Å². The van der Waals surface area contributed by atoms with E-state index in [0.29, 0.717) is 21.3 Å². The first-order valence-corrected chi connectivity index (χ1v) is 6.13. The highest BCUT2D eigenvalue weighted by Crippen LogP contribution is 2.24. The van der Waals surface area contributed by atoms with Gasteiger partial charge in [-0.1, -0.05) is 35.3 Å². The van der Waals surface area contributed by atoms with Crippen LogP contribution in [0.15, 0.2) is 34.2 Å². The van der Waals surface area contributed by atoms with E-state index < -0.39 is 0 Å². The lowest BCUT2D eigenvalue weighted by Gasteiger charge is -2.01. The topological polar surface area (TPSA) is 70.1 Å². The highest BCUT2D eigenvalue weighted by atomic mass is 35.5. The lowest BCUT2D eigenvalue weighted by molar-refractivity contribution is 1.04. The number of nitrogens with zero attached hydrogens (tertiary/aromatic N) is 2. The summed E-state index contributed by atoms with van der Waals surface area (Å²) in [5, 5.41) is 4.81. The molecule has 0 fully saturated rings. The Morgan fingerprint density at radius 1 is 1.42 bits per heavy atom. The van der Waals surface area contributed by atoms with Gasteiger partial charge in [0, 0.05) is 17.3 Å². The maximum absolute atomic E-state index is 11.2. The molecular weight excluding hydrogens is 287 g/mol.